The summed E-state index contributed by atoms with van der Waals surface area (Å²) >= 11 is 4.24. The van der Waals surface area contributed by atoms with Gasteiger partial charge in [0.25, 0.3) is 11.8 Å². The van der Waals surface area contributed by atoms with Crippen LogP contribution in [0.15, 0.2) is 53.4 Å². The zero-order valence-electron chi connectivity index (χ0n) is 9.33. The number of hydrogen-bond acceptors (Lipinski definition) is 3. The number of hydrogen-bond donors (Lipinski definition) is 1. The molecule has 1 heterocycles. The van der Waals surface area contributed by atoms with E-state index in [9.17, 15) is 9.59 Å². The lowest BCUT2D eigenvalue weighted by molar-refractivity contribution is 0.0925. The molecule has 0 N–H and O–H groups in total. The van der Waals surface area contributed by atoms with Crippen molar-refractivity contribution in [1.29, 1.82) is 0 Å². The molecule has 0 spiro atoms. The highest BCUT2D eigenvalue weighted by Gasteiger charge is 2.37. The number of carbonyl (C=O) groups excluding carboxylic acids is 2. The summed E-state index contributed by atoms with van der Waals surface area (Å²) in [5.74, 6) is -0.607. The molecule has 0 aliphatic carbocycles. The molecule has 0 unspecified atom stereocenters. The summed E-state index contributed by atoms with van der Waals surface area (Å²) in [6, 6.07) is 14.0. The minimum Gasteiger partial charge on any atom is -0.268 e. The number of para-hydroxylation sites is 1. The van der Waals surface area contributed by atoms with Gasteiger partial charge < -0.3 is 0 Å². The average molecular weight is 255 g/mol. The van der Waals surface area contributed by atoms with Crippen LogP contribution >= 0.6 is 12.6 Å². The topological polar surface area (TPSA) is 37.4 Å². The number of benzene rings is 2. The van der Waals surface area contributed by atoms with E-state index < -0.39 is 0 Å². The van der Waals surface area contributed by atoms with Crippen LogP contribution in [-0.2, 0) is 0 Å². The van der Waals surface area contributed by atoms with E-state index in [0.717, 1.165) is 0 Å². The maximum Gasteiger partial charge on any atom is 0.267 e. The van der Waals surface area contributed by atoms with Gasteiger partial charge in [-0.15, -0.1) is 12.6 Å². The van der Waals surface area contributed by atoms with Crippen molar-refractivity contribution in [3.63, 3.8) is 0 Å². The van der Waals surface area contributed by atoms with Crippen molar-refractivity contribution in [2.75, 3.05) is 4.90 Å². The van der Waals surface area contributed by atoms with Crippen LogP contribution in [0.2, 0.25) is 0 Å². The molecular formula is C14H9NO2S. The molecule has 2 aromatic rings. The molecule has 18 heavy (non-hydrogen) atoms. The van der Waals surface area contributed by atoms with Gasteiger partial charge in [0.15, 0.2) is 0 Å². The van der Waals surface area contributed by atoms with E-state index in [1.54, 1.807) is 42.5 Å². The standard InChI is InChI=1S/C14H9NO2S/c16-13-10-7-4-8-11(18)12(10)14(17)15(13)9-5-2-1-3-6-9/h1-8,18H. The van der Waals surface area contributed by atoms with E-state index >= 15 is 0 Å². The summed E-state index contributed by atoms with van der Waals surface area (Å²) in [4.78, 5) is 26.2. The second kappa shape index (κ2) is 3.99. The lowest BCUT2D eigenvalue weighted by Crippen LogP contribution is -2.29. The van der Waals surface area contributed by atoms with E-state index in [4.69, 9.17) is 0 Å². The summed E-state index contributed by atoms with van der Waals surface area (Å²) in [6.07, 6.45) is 0. The Morgan fingerprint density at radius 3 is 2.22 bits per heavy atom. The molecular weight excluding hydrogens is 246 g/mol. The fraction of sp³-hybridized carbons (Fsp3) is 0. The number of imide groups is 1. The van der Waals surface area contributed by atoms with Gasteiger partial charge in [-0.1, -0.05) is 24.3 Å². The Labute approximate surface area is 109 Å². The summed E-state index contributed by atoms with van der Waals surface area (Å²) in [5.41, 5.74) is 1.38. The van der Waals surface area contributed by atoms with Gasteiger partial charge in [-0.05, 0) is 24.3 Å². The molecule has 0 bridgehead atoms. The fourth-order valence-electron chi connectivity index (χ4n) is 2.08. The number of nitrogens with zero attached hydrogens (tertiary/aromatic N) is 1. The lowest BCUT2D eigenvalue weighted by Gasteiger charge is -2.13. The highest BCUT2D eigenvalue weighted by Crippen LogP contribution is 2.31. The van der Waals surface area contributed by atoms with Gasteiger partial charge in [0.05, 0.1) is 16.8 Å². The van der Waals surface area contributed by atoms with Gasteiger partial charge in [-0.25, -0.2) is 4.90 Å². The van der Waals surface area contributed by atoms with Crippen molar-refractivity contribution in [2.24, 2.45) is 0 Å². The molecule has 88 valence electrons. The van der Waals surface area contributed by atoms with E-state index in [1.807, 2.05) is 6.07 Å². The van der Waals surface area contributed by atoms with Crippen LogP contribution in [0.25, 0.3) is 0 Å². The maximum absolute atomic E-state index is 12.3. The average Bonchev–Trinajstić information content (AvgIpc) is 2.64. The normalized spacial score (nSPS) is 13.9. The molecule has 0 aromatic heterocycles. The van der Waals surface area contributed by atoms with Gasteiger partial charge in [-0.2, -0.15) is 0 Å². The molecule has 3 rings (SSSR count). The number of rotatable bonds is 1. The van der Waals surface area contributed by atoms with Crippen LogP contribution in [0.5, 0.6) is 0 Å². The zero-order chi connectivity index (χ0) is 12.7. The summed E-state index contributed by atoms with van der Waals surface area (Å²) in [6.45, 7) is 0. The molecule has 1 aliphatic heterocycles. The Morgan fingerprint density at radius 2 is 1.56 bits per heavy atom. The van der Waals surface area contributed by atoms with Crippen LogP contribution in [0.3, 0.4) is 0 Å². The van der Waals surface area contributed by atoms with Gasteiger partial charge in [0, 0.05) is 4.90 Å². The summed E-state index contributed by atoms with van der Waals surface area (Å²) in [5, 5.41) is 0. The number of carbonyl (C=O) groups is 2. The Hall–Kier alpha value is -2.07. The molecule has 0 radical (unpaired) electrons. The van der Waals surface area contributed by atoms with Crippen LogP contribution < -0.4 is 4.90 Å². The van der Waals surface area contributed by atoms with E-state index in [1.165, 1.54) is 4.90 Å². The zero-order valence-corrected chi connectivity index (χ0v) is 10.2. The maximum atomic E-state index is 12.3. The van der Waals surface area contributed by atoms with E-state index in [-0.39, 0.29) is 11.8 Å². The van der Waals surface area contributed by atoms with Crippen molar-refractivity contribution in [3.05, 3.63) is 59.7 Å². The first-order valence-corrected chi connectivity index (χ1v) is 5.90. The Bertz CT molecular complexity index is 652. The molecule has 2 amide bonds. The Kier molecular flexibility index (Phi) is 2.45. The quantitative estimate of drug-likeness (QED) is 0.628. The van der Waals surface area contributed by atoms with Gasteiger partial charge >= 0.3 is 0 Å². The third kappa shape index (κ3) is 1.46. The van der Waals surface area contributed by atoms with Crippen molar-refractivity contribution in [2.45, 2.75) is 4.90 Å². The van der Waals surface area contributed by atoms with Crippen molar-refractivity contribution in [1.82, 2.24) is 0 Å². The third-order valence-corrected chi connectivity index (χ3v) is 3.28. The SMILES string of the molecule is O=C1c2cccc(S)c2C(=O)N1c1ccccc1. The van der Waals surface area contributed by atoms with Crippen LogP contribution in [0, 0.1) is 0 Å². The van der Waals surface area contributed by atoms with Crippen molar-refractivity contribution < 1.29 is 9.59 Å². The van der Waals surface area contributed by atoms with E-state index in [2.05, 4.69) is 12.6 Å². The molecule has 0 saturated carbocycles. The Balaban J connectivity index is 2.17. The predicted octanol–water partition coefficient (Wildman–Crippen LogP) is 2.78. The third-order valence-electron chi connectivity index (χ3n) is 2.91. The highest BCUT2D eigenvalue weighted by atomic mass is 32.1. The first kappa shape index (κ1) is 11.0. The first-order chi connectivity index (χ1) is 8.70. The lowest BCUT2D eigenvalue weighted by atomic mass is 10.1. The van der Waals surface area contributed by atoms with Gasteiger partial charge in [0.2, 0.25) is 0 Å². The minimum absolute atomic E-state index is 0.294. The molecule has 0 atom stereocenters. The molecule has 3 nitrogen and oxygen atoms in total. The molecule has 1 aliphatic rings. The molecule has 4 heteroatoms. The molecule has 2 aromatic carbocycles. The monoisotopic (exact) mass is 255 g/mol. The van der Waals surface area contributed by atoms with E-state index in [0.29, 0.717) is 21.7 Å². The minimum atomic E-state index is -0.313. The number of anilines is 1. The first-order valence-electron chi connectivity index (χ1n) is 5.46. The smallest absolute Gasteiger partial charge is 0.267 e. The van der Waals surface area contributed by atoms with Crippen molar-refractivity contribution in [3.8, 4) is 0 Å². The molecule has 0 saturated heterocycles. The predicted molar refractivity (Wildman–Crippen MR) is 71.3 cm³/mol. The van der Waals surface area contributed by atoms with Crippen molar-refractivity contribution >= 4 is 30.1 Å². The largest absolute Gasteiger partial charge is 0.268 e. The van der Waals surface area contributed by atoms with Gasteiger partial charge in [-0.3, -0.25) is 9.59 Å². The number of thiol groups is 1. The number of amides is 2. The van der Waals surface area contributed by atoms with Crippen LogP contribution in [0.1, 0.15) is 20.7 Å². The number of fused-ring (bicyclic) bond motifs is 1. The van der Waals surface area contributed by atoms with Gasteiger partial charge in [0.1, 0.15) is 0 Å². The van der Waals surface area contributed by atoms with Crippen LogP contribution in [-0.4, -0.2) is 11.8 Å². The second-order valence-corrected chi connectivity index (χ2v) is 4.46. The Morgan fingerprint density at radius 1 is 0.833 bits per heavy atom. The summed E-state index contributed by atoms with van der Waals surface area (Å²) in [7, 11) is 0. The summed E-state index contributed by atoms with van der Waals surface area (Å²) < 4.78 is 0. The second-order valence-electron chi connectivity index (χ2n) is 3.98. The highest BCUT2D eigenvalue weighted by molar-refractivity contribution is 7.80. The van der Waals surface area contributed by atoms with Crippen LogP contribution in [0.4, 0.5) is 5.69 Å². The fourth-order valence-corrected chi connectivity index (χ4v) is 2.38. The molecule has 0 fully saturated rings.